The Morgan fingerprint density at radius 3 is 1.92 bits per heavy atom. The van der Waals surface area contributed by atoms with Crippen molar-refractivity contribution in [2.24, 2.45) is 0 Å². The van der Waals surface area contributed by atoms with Crippen molar-refractivity contribution in [1.29, 1.82) is 0 Å². The van der Waals surface area contributed by atoms with Gasteiger partial charge in [-0.05, 0) is 15.4 Å². The van der Waals surface area contributed by atoms with Crippen molar-refractivity contribution < 1.29 is 18.7 Å². The Hall–Kier alpha value is -1.53. The molecule has 1 saturated heterocycles. The molecule has 0 bridgehead atoms. The topological polar surface area (TPSA) is 38.7 Å². The average molecular weight is 375 g/mol. The zero-order valence-corrected chi connectivity index (χ0v) is 16.6. The zero-order valence-electron chi connectivity index (χ0n) is 15.6. The Balaban J connectivity index is 2.00. The summed E-state index contributed by atoms with van der Waals surface area (Å²) in [6, 6.07) is 20.6. The molecule has 2 aromatic rings. The van der Waals surface area contributed by atoms with Crippen molar-refractivity contribution in [2.75, 3.05) is 6.61 Å². The van der Waals surface area contributed by atoms with Crippen LogP contribution in [0.3, 0.4) is 0 Å². The number of rotatable bonds is 5. The molecule has 0 aliphatic carbocycles. The quantitative estimate of drug-likeness (QED) is 0.818. The second-order valence-corrected chi connectivity index (χ2v) is 12.2. The lowest BCUT2D eigenvalue weighted by atomic mass is 10.2. The minimum atomic E-state index is -2.64. The van der Waals surface area contributed by atoms with Gasteiger partial charge in [0, 0.05) is 6.42 Å². The summed E-state index contributed by atoms with van der Waals surface area (Å²) in [5.41, 5.74) is 0. The third-order valence-electron chi connectivity index (χ3n) is 5.03. The summed E-state index contributed by atoms with van der Waals surface area (Å²) in [7, 11) is -2.64. The van der Waals surface area contributed by atoms with Gasteiger partial charge in [0.25, 0.3) is 8.32 Å². The van der Waals surface area contributed by atoms with Crippen LogP contribution in [0.25, 0.3) is 0 Å². The van der Waals surface area contributed by atoms with E-state index in [4.69, 9.17) is 9.16 Å². The maximum Gasteiger partial charge on any atom is 0.261 e. The molecular weight excluding hydrogens is 347 g/mol. The third-order valence-corrected chi connectivity index (χ3v) is 10.0. The van der Waals surface area contributed by atoms with E-state index in [1.54, 1.807) is 0 Å². The van der Waals surface area contributed by atoms with E-state index in [9.17, 15) is 9.50 Å². The molecule has 0 spiro atoms. The number of aliphatic hydroxyl groups excluding tert-OH is 1. The van der Waals surface area contributed by atoms with Gasteiger partial charge in [0.15, 0.2) is 12.5 Å². The predicted octanol–water partition coefficient (Wildman–Crippen LogP) is 3.01. The second kappa shape index (κ2) is 7.60. The lowest BCUT2D eigenvalue weighted by Crippen LogP contribution is -2.67. The lowest BCUT2D eigenvalue weighted by Gasteiger charge is -2.43. The summed E-state index contributed by atoms with van der Waals surface area (Å²) in [6.07, 6.45) is -2.95. The van der Waals surface area contributed by atoms with E-state index in [0.717, 1.165) is 0 Å². The normalized spacial score (nSPS) is 24.0. The summed E-state index contributed by atoms with van der Waals surface area (Å²) in [5, 5.41) is 11.8. The fraction of sp³-hybridized carbons (Fsp3) is 0.429. The van der Waals surface area contributed by atoms with Crippen LogP contribution in [0.4, 0.5) is 4.39 Å². The van der Waals surface area contributed by atoms with Gasteiger partial charge in [-0.1, -0.05) is 81.4 Å². The molecule has 0 saturated carbocycles. The largest absolute Gasteiger partial charge is 0.405 e. The summed E-state index contributed by atoms with van der Waals surface area (Å²) in [4.78, 5) is 0. The first kappa shape index (κ1) is 19.2. The van der Waals surface area contributed by atoms with Crippen molar-refractivity contribution >= 4 is 18.7 Å². The van der Waals surface area contributed by atoms with Crippen LogP contribution in [0, 0.1) is 0 Å². The molecule has 0 unspecified atom stereocenters. The highest BCUT2D eigenvalue weighted by atomic mass is 28.4. The molecule has 3 nitrogen and oxygen atoms in total. The van der Waals surface area contributed by atoms with E-state index in [1.165, 1.54) is 10.4 Å². The van der Waals surface area contributed by atoms with Crippen molar-refractivity contribution in [3.05, 3.63) is 60.7 Å². The van der Waals surface area contributed by atoms with Crippen LogP contribution in [0.2, 0.25) is 5.04 Å². The van der Waals surface area contributed by atoms with Gasteiger partial charge in [0.2, 0.25) is 0 Å². The third kappa shape index (κ3) is 3.62. The molecule has 140 valence electrons. The molecule has 26 heavy (non-hydrogen) atoms. The molecule has 3 atom stereocenters. The van der Waals surface area contributed by atoms with E-state index in [0.29, 0.717) is 0 Å². The maximum absolute atomic E-state index is 13.6. The van der Waals surface area contributed by atoms with Crippen LogP contribution in [0.15, 0.2) is 60.7 Å². The van der Waals surface area contributed by atoms with E-state index >= 15 is 0 Å². The predicted molar refractivity (Wildman–Crippen MR) is 104 cm³/mol. The standard InChI is InChI=1S/C21H27FO3Si/c1-21(2,3)26(17-10-6-4-7-11-17,18-12-8-5-9-13-18)24-15-16-14-19(22)20(23)25-16/h4-13,16,19-20,23H,14-15H2,1-3H3/t16-,19-,20-/m0/s1. The molecule has 2 aromatic carbocycles. The van der Waals surface area contributed by atoms with Crippen LogP contribution in [0.1, 0.15) is 27.2 Å². The van der Waals surface area contributed by atoms with E-state index in [1.807, 2.05) is 36.4 Å². The summed E-state index contributed by atoms with van der Waals surface area (Å²) in [5.74, 6) is 0. The summed E-state index contributed by atoms with van der Waals surface area (Å²) >= 11 is 0. The monoisotopic (exact) mass is 374 g/mol. The summed E-state index contributed by atoms with van der Waals surface area (Å²) < 4.78 is 25.7. The van der Waals surface area contributed by atoms with Crippen LogP contribution < -0.4 is 10.4 Å². The second-order valence-electron chi connectivity index (χ2n) is 7.87. The highest BCUT2D eigenvalue weighted by Gasteiger charge is 2.51. The molecule has 1 N–H and O–H groups in total. The number of benzene rings is 2. The van der Waals surface area contributed by atoms with Crippen molar-refractivity contribution in [1.82, 2.24) is 0 Å². The first-order valence-corrected chi connectivity index (χ1v) is 11.0. The minimum absolute atomic E-state index is 0.137. The number of alkyl halides is 1. The first-order valence-electron chi connectivity index (χ1n) is 9.07. The molecule has 1 aliphatic rings. The van der Waals surface area contributed by atoms with Crippen LogP contribution in [0.5, 0.6) is 0 Å². The number of hydrogen-bond donors (Lipinski definition) is 1. The molecule has 0 aromatic heterocycles. The fourth-order valence-electron chi connectivity index (χ4n) is 3.79. The number of halogens is 1. The molecule has 1 aliphatic heterocycles. The van der Waals surface area contributed by atoms with Gasteiger partial charge < -0.3 is 14.3 Å². The highest BCUT2D eigenvalue weighted by Crippen LogP contribution is 2.37. The number of ether oxygens (including phenoxy) is 1. The summed E-state index contributed by atoms with van der Waals surface area (Å²) in [6.45, 7) is 6.86. The van der Waals surface area contributed by atoms with E-state index in [2.05, 4.69) is 45.0 Å². The van der Waals surface area contributed by atoms with E-state index < -0.39 is 26.9 Å². The molecule has 1 fully saturated rings. The maximum atomic E-state index is 13.6. The molecule has 3 rings (SSSR count). The molecule has 0 radical (unpaired) electrons. The molecular formula is C21H27FO3Si. The van der Waals surface area contributed by atoms with Crippen LogP contribution in [-0.2, 0) is 9.16 Å². The Morgan fingerprint density at radius 1 is 1.04 bits per heavy atom. The van der Waals surface area contributed by atoms with Gasteiger partial charge in [0.1, 0.15) is 0 Å². The van der Waals surface area contributed by atoms with Gasteiger partial charge >= 0.3 is 0 Å². The number of aliphatic hydroxyl groups is 1. The fourth-order valence-corrected chi connectivity index (χ4v) is 8.38. The lowest BCUT2D eigenvalue weighted by molar-refractivity contribution is -0.118. The Labute approximate surface area is 155 Å². The highest BCUT2D eigenvalue weighted by molar-refractivity contribution is 6.99. The van der Waals surface area contributed by atoms with Gasteiger partial charge in [-0.15, -0.1) is 0 Å². The van der Waals surface area contributed by atoms with Gasteiger partial charge in [-0.3, -0.25) is 0 Å². The van der Waals surface area contributed by atoms with Crippen molar-refractivity contribution in [2.45, 2.75) is 50.8 Å². The smallest absolute Gasteiger partial charge is 0.261 e. The van der Waals surface area contributed by atoms with Gasteiger partial charge in [-0.2, -0.15) is 0 Å². The average Bonchev–Trinajstić information content (AvgIpc) is 2.94. The Kier molecular flexibility index (Phi) is 5.63. The van der Waals surface area contributed by atoms with Crippen LogP contribution in [-0.4, -0.2) is 38.6 Å². The van der Waals surface area contributed by atoms with Crippen molar-refractivity contribution in [3.63, 3.8) is 0 Å². The molecule has 1 heterocycles. The molecule has 0 amide bonds. The Bertz CT molecular complexity index is 653. The first-order chi connectivity index (χ1) is 12.3. The number of hydrogen-bond acceptors (Lipinski definition) is 3. The SMILES string of the molecule is CC(C)(C)[Si](OC[C@@H]1C[C@H](F)[C@@H](O)O1)(c1ccccc1)c1ccccc1. The van der Waals surface area contributed by atoms with Gasteiger partial charge in [-0.25, -0.2) is 4.39 Å². The van der Waals surface area contributed by atoms with Gasteiger partial charge in [0.05, 0.1) is 12.7 Å². The Morgan fingerprint density at radius 2 is 1.54 bits per heavy atom. The zero-order chi connectivity index (χ0) is 18.8. The molecule has 5 heteroatoms. The van der Waals surface area contributed by atoms with Crippen molar-refractivity contribution in [3.8, 4) is 0 Å². The van der Waals surface area contributed by atoms with E-state index in [-0.39, 0.29) is 18.1 Å². The van der Waals surface area contributed by atoms with Crippen LogP contribution >= 0.6 is 0 Å². The minimum Gasteiger partial charge on any atom is -0.405 e.